The molecule has 3 aromatic carbocycles. The zero-order valence-corrected chi connectivity index (χ0v) is 50.2. The number of thioether (sulfide) groups is 1. The molecule has 0 saturated heterocycles. The van der Waals surface area contributed by atoms with Crippen LogP contribution in [0.2, 0.25) is 0 Å². The highest BCUT2D eigenvalue weighted by Crippen LogP contribution is 2.30. The quantitative estimate of drug-likeness (QED) is 0.0273. The van der Waals surface area contributed by atoms with Gasteiger partial charge in [0, 0.05) is 61.4 Å². The van der Waals surface area contributed by atoms with Gasteiger partial charge < -0.3 is 71.0 Å². The highest BCUT2D eigenvalue weighted by Gasteiger charge is 2.28. The van der Waals surface area contributed by atoms with Gasteiger partial charge in [0.25, 0.3) is 0 Å². The van der Waals surface area contributed by atoms with E-state index in [1.165, 1.54) is 31.5 Å². The molecule has 0 aliphatic rings. The second kappa shape index (κ2) is 40.0. The Hall–Kier alpha value is -7.45. The third-order valence-corrected chi connectivity index (χ3v) is 13.0. The van der Waals surface area contributed by atoms with Gasteiger partial charge in [0.15, 0.2) is 0 Å². The van der Waals surface area contributed by atoms with Crippen LogP contribution in [-0.4, -0.2) is 159 Å². The molecule has 0 aliphatic carbocycles. The predicted molar refractivity (Wildman–Crippen MR) is 317 cm³/mol. The molecule has 4 aromatic rings. The van der Waals surface area contributed by atoms with Crippen molar-refractivity contribution in [2.45, 2.75) is 111 Å². The van der Waals surface area contributed by atoms with Gasteiger partial charge in [-0.15, -0.1) is 11.8 Å². The Morgan fingerprint density at radius 3 is 1.85 bits per heavy atom. The molecule has 0 unspecified atom stereocenters. The monoisotopic (exact) mass is 1210 g/mol. The molecule has 7 amide bonds. The topological polar surface area (TPSA) is 306 Å². The number of ether oxygens (including phenoxy) is 5. The van der Waals surface area contributed by atoms with Crippen LogP contribution in [0.1, 0.15) is 84.0 Å². The van der Waals surface area contributed by atoms with E-state index in [4.69, 9.17) is 29.4 Å². The summed E-state index contributed by atoms with van der Waals surface area (Å²) in [4.78, 5) is 98.0. The lowest BCUT2D eigenvalue weighted by Gasteiger charge is -2.22. The number of carboxylic acids is 1. The third kappa shape index (κ3) is 31.3. The van der Waals surface area contributed by atoms with Crippen molar-refractivity contribution >= 4 is 59.3 Å². The number of carboxylic acid groups (broad SMARTS) is 1. The number of hydrogen-bond donors (Lipinski definition) is 8. The molecule has 468 valence electrons. The van der Waals surface area contributed by atoms with Crippen LogP contribution in [0.3, 0.4) is 0 Å². The second-order valence-electron chi connectivity index (χ2n) is 20.8. The first-order valence-electron chi connectivity index (χ1n) is 28.0. The van der Waals surface area contributed by atoms with Gasteiger partial charge in [-0.05, 0) is 73.9 Å². The van der Waals surface area contributed by atoms with Crippen LogP contribution in [0, 0.1) is 17.0 Å². The van der Waals surface area contributed by atoms with E-state index in [0.717, 1.165) is 41.9 Å². The fourth-order valence-electron chi connectivity index (χ4n) is 7.64. The number of halogens is 2. The molecule has 85 heavy (non-hydrogen) atoms. The number of aromatic nitrogens is 1. The van der Waals surface area contributed by atoms with Crippen molar-refractivity contribution in [3.63, 3.8) is 0 Å². The van der Waals surface area contributed by atoms with Crippen LogP contribution in [0.15, 0.2) is 91.1 Å². The third-order valence-electron chi connectivity index (χ3n) is 11.9. The van der Waals surface area contributed by atoms with Crippen molar-refractivity contribution in [1.82, 2.24) is 36.5 Å². The lowest BCUT2D eigenvalue weighted by molar-refractivity contribution is -0.141. The number of primary amides is 1. The highest BCUT2D eigenvalue weighted by atomic mass is 32.2. The summed E-state index contributed by atoms with van der Waals surface area (Å²) in [5, 5.41) is 24.2. The van der Waals surface area contributed by atoms with Gasteiger partial charge in [-0.3, -0.25) is 28.8 Å². The van der Waals surface area contributed by atoms with Gasteiger partial charge in [-0.25, -0.2) is 18.4 Å². The van der Waals surface area contributed by atoms with E-state index in [-0.39, 0.29) is 62.7 Å². The fraction of sp³-hybridized carbons (Fsp3) is 0.500. The Morgan fingerprint density at radius 2 is 1.25 bits per heavy atom. The SMILES string of the molecule is CC(C)(C)Cc1cc(-c2cc(F)ccc2F)cn1Cc1ccccc1.CCCOCCOCCOCCOCCC(=O)N[C@@H](CSCC(=O)NCCCNC(=O)[C@H](CC(N)=O)NC(=O)[C@H](C)NC(=O)[C@H](C)NC(=O)OCc1ccccc1)C(=O)O. The maximum Gasteiger partial charge on any atom is 0.408 e. The largest absolute Gasteiger partial charge is 0.480 e. The van der Waals surface area contributed by atoms with Gasteiger partial charge in [0.1, 0.15) is 42.4 Å². The molecule has 1 aromatic heterocycles. The van der Waals surface area contributed by atoms with Gasteiger partial charge in [-0.2, -0.15) is 0 Å². The molecule has 0 saturated carbocycles. The molecule has 9 N–H and O–H groups in total. The molecule has 0 aliphatic heterocycles. The molecule has 25 heteroatoms. The number of hydrogen-bond acceptors (Lipinski definition) is 14. The van der Waals surface area contributed by atoms with Crippen molar-refractivity contribution < 1.29 is 75.9 Å². The summed E-state index contributed by atoms with van der Waals surface area (Å²) in [6.45, 7) is 15.3. The number of carbonyl (C=O) groups is 8. The minimum Gasteiger partial charge on any atom is -0.480 e. The number of alkyl carbamates (subject to hydrolysis) is 1. The van der Waals surface area contributed by atoms with Crippen LogP contribution in [-0.2, 0) is 76.8 Å². The number of aliphatic carboxylic acids is 1. The molecule has 4 rings (SSSR count). The summed E-state index contributed by atoms with van der Waals surface area (Å²) < 4.78 is 56.4. The van der Waals surface area contributed by atoms with Crippen molar-refractivity contribution in [3.8, 4) is 11.1 Å². The number of nitrogens with zero attached hydrogens (tertiary/aromatic N) is 1. The molecule has 0 fully saturated rings. The summed E-state index contributed by atoms with van der Waals surface area (Å²) in [6, 6.07) is 19.8. The number of nitrogens with two attached hydrogens (primary N) is 1. The van der Waals surface area contributed by atoms with Gasteiger partial charge in [0.05, 0.1) is 58.4 Å². The number of amides is 7. The summed E-state index contributed by atoms with van der Waals surface area (Å²) in [6.07, 6.45) is 2.55. The van der Waals surface area contributed by atoms with Gasteiger partial charge in [0.2, 0.25) is 35.4 Å². The van der Waals surface area contributed by atoms with E-state index in [1.54, 1.807) is 24.3 Å². The minimum absolute atomic E-state index is 0.0123. The minimum atomic E-state index is -1.37. The van der Waals surface area contributed by atoms with Crippen molar-refractivity contribution in [3.05, 3.63) is 120 Å². The Morgan fingerprint density at radius 1 is 0.671 bits per heavy atom. The predicted octanol–water partition coefficient (Wildman–Crippen LogP) is 5.03. The molecule has 4 atom stereocenters. The number of benzene rings is 3. The average Bonchev–Trinajstić information content (AvgIpc) is 3.82. The Bertz CT molecular complexity index is 2700. The van der Waals surface area contributed by atoms with Crippen LogP contribution in [0.5, 0.6) is 0 Å². The summed E-state index contributed by atoms with van der Waals surface area (Å²) >= 11 is 1.01. The first kappa shape index (κ1) is 71.8. The number of nitrogens with one attached hydrogen (secondary N) is 6. The molecular formula is C60H84F2N8O14S. The zero-order chi connectivity index (χ0) is 62.6. The Labute approximate surface area is 500 Å². The smallest absolute Gasteiger partial charge is 0.408 e. The van der Waals surface area contributed by atoms with Crippen LogP contribution < -0.4 is 37.6 Å². The lowest BCUT2D eigenvalue weighted by Crippen LogP contribution is -2.56. The maximum absolute atomic E-state index is 14.2. The molecule has 0 bridgehead atoms. The van der Waals surface area contributed by atoms with Gasteiger partial charge in [-0.1, -0.05) is 88.4 Å². The molecule has 22 nitrogen and oxygen atoms in total. The Kier molecular flexibility index (Phi) is 33.8. The van der Waals surface area contributed by atoms with E-state index in [1.807, 2.05) is 43.5 Å². The van der Waals surface area contributed by atoms with E-state index >= 15 is 0 Å². The second-order valence-corrected chi connectivity index (χ2v) is 21.8. The normalized spacial score (nSPS) is 12.5. The van der Waals surface area contributed by atoms with E-state index < -0.39 is 89.7 Å². The van der Waals surface area contributed by atoms with Crippen LogP contribution in [0.4, 0.5) is 13.6 Å². The zero-order valence-electron chi connectivity index (χ0n) is 49.3. The lowest BCUT2D eigenvalue weighted by atomic mass is 9.90. The standard InChI is InChI=1S/C38H61N7O14S.C22H23F2N/c1-4-14-55-16-18-57-20-21-58-19-17-56-15-11-32(47)44-30(37(52)53)24-60-25-33(48)40-12-8-13-41-36(51)29(22-31(39)46)45-35(50)26(2)42-34(49)27(3)43-38(54)59-23-28-9-6-5-7-10-28;1-22(2,3)13-19-11-17(20-12-18(23)9-10-21(20)24)15-25(19)14-16-7-5-4-6-8-16/h5-7,9-10,26-27,29-30H,4,8,11-25H2,1-3H3,(H2,39,46)(H,40,48)(H,41,51)(H,42,49)(H,43,54)(H,44,47)(H,45,50)(H,52,53);4-12,15H,13-14H2,1-3H3/t26-,27-,29-,30-;/m0./s1. The maximum atomic E-state index is 14.2. The summed E-state index contributed by atoms with van der Waals surface area (Å²) in [5.41, 5.74) is 9.44. The first-order valence-corrected chi connectivity index (χ1v) is 29.2. The van der Waals surface area contributed by atoms with E-state index in [2.05, 4.69) is 69.4 Å². The van der Waals surface area contributed by atoms with Crippen molar-refractivity contribution in [1.29, 1.82) is 0 Å². The van der Waals surface area contributed by atoms with Gasteiger partial charge >= 0.3 is 12.1 Å². The first-order chi connectivity index (χ1) is 40.5. The van der Waals surface area contributed by atoms with E-state index in [0.29, 0.717) is 57.3 Å². The van der Waals surface area contributed by atoms with Crippen LogP contribution >= 0.6 is 11.8 Å². The van der Waals surface area contributed by atoms with Crippen molar-refractivity contribution in [2.75, 3.05) is 77.5 Å². The molecule has 1 heterocycles. The molecule has 0 radical (unpaired) electrons. The summed E-state index contributed by atoms with van der Waals surface area (Å²) in [7, 11) is 0. The Balaban J connectivity index is 0.000000620. The fourth-order valence-corrected chi connectivity index (χ4v) is 8.51. The number of carbonyl (C=O) groups excluding carboxylic acids is 7. The average molecular weight is 1210 g/mol. The summed E-state index contributed by atoms with van der Waals surface area (Å²) in [5.74, 6) is -6.30. The van der Waals surface area contributed by atoms with E-state index in [9.17, 15) is 52.2 Å². The molecule has 0 spiro atoms. The van der Waals surface area contributed by atoms with Crippen LogP contribution in [0.25, 0.3) is 11.1 Å². The van der Waals surface area contributed by atoms with Crippen molar-refractivity contribution in [2.24, 2.45) is 11.1 Å². The molecular weight excluding hydrogens is 1130 g/mol. The number of rotatable bonds is 38. The highest BCUT2D eigenvalue weighted by molar-refractivity contribution is 8.00.